The van der Waals surface area contributed by atoms with Crippen molar-refractivity contribution in [3.8, 4) is 0 Å². The standard InChI is InChI=1S/C12H19BrN4O2S.ClH/c1-15-7-9-2-4-17(5-3-9)20(18,19)11-6-10(13)8-16-12(11)14;/h6,8-9,15H,2-5,7H2,1H3,(H2,14,16);1H. The highest BCUT2D eigenvalue weighted by Crippen LogP contribution is 2.27. The van der Waals surface area contributed by atoms with Crippen LogP contribution in [0, 0.1) is 5.92 Å². The number of pyridine rings is 1. The molecule has 6 nitrogen and oxygen atoms in total. The summed E-state index contributed by atoms with van der Waals surface area (Å²) in [7, 11) is -1.64. The molecule has 0 atom stereocenters. The number of nitrogens with one attached hydrogen (secondary N) is 1. The van der Waals surface area contributed by atoms with Gasteiger partial charge in [0.15, 0.2) is 0 Å². The second kappa shape index (κ2) is 7.73. The molecule has 1 fully saturated rings. The lowest BCUT2D eigenvalue weighted by atomic mass is 9.98. The Bertz CT molecular complexity index is 577. The zero-order valence-electron chi connectivity index (χ0n) is 11.8. The van der Waals surface area contributed by atoms with Gasteiger partial charge >= 0.3 is 0 Å². The van der Waals surface area contributed by atoms with Gasteiger partial charge in [0.1, 0.15) is 10.7 Å². The average molecular weight is 400 g/mol. The summed E-state index contributed by atoms with van der Waals surface area (Å²) in [5, 5.41) is 3.14. The van der Waals surface area contributed by atoms with Crippen LogP contribution in [0.3, 0.4) is 0 Å². The van der Waals surface area contributed by atoms with Gasteiger partial charge in [0, 0.05) is 23.8 Å². The van der Waals surface area contributed by atoms with Crippen molar-refractivity contribution in [2.45, 2.75) is 17.7 Å². The quantitative estimate of drug-likeness (QED) is 0.800. The number of hydrogen-bond acceptors (Lipinski definition) is 5. The van der Waals surface area contributed by atoms with Gasteiger partial charge in [-0.3, -0.25) is 0 Å². The predicted molar refractivity (Wildman–Crippen MR) is 89.0 cm³/mol. The molecular formula is C12H20BrClN4O2S. The molecule has 1 aliphatic heterocycles. The number of rotatable bonds is 4. The summed E-state index contributed by atoms with van der Waals surface area (Å²) in [6, 6.07) is 1.51. The van der Waals surface area contributed by atoms with Crippen molar-refractivity contribution < 1.29 is 8.42 Å². The first-order valence-corrected chi connectivity index (χ1v) is 8.74. The van der Waals surface area contributed by atoms with Crippen LogP contribution >= 0.6 is 28.3 Å². The van der Waals surface area contributed by atoms with Gasteiger partial charge in [-0.1, -0.05) is 0 Å². The summed E-state index contributed by atoms with van der Waals surface area (Å²) in [6.45, 7) is 1.98. The second-order valence-corrected chi connectivity index (χ2v) is 7.76. The van der Waals surface area contributed by atoms with Crippen molar-refractivity contribution in [1.82, 2.24) is 14.6 Å². The van der Waals surface area contributed by atoms with E-state index in [0.717, 1.165) is 19.4 Å². The second-order valence-electron chi connectivity index (χ2n) is 4.94. The molecule has 0 radical (unpaired) electrons. The van der Waals surface area contributed by atoms with Crippen LogP contribution in [0.2, 0.25) is 0 Å². The maximum absolute atomic E-state index is 12.6. The first-order valence-electron chi connectivity index (χ1n) is 6.51. The SMILES string of the molecule is CNCC1CCN(S(=O)(=O)c2cc(Br)cnc2N)CC1.Cl. The highest BCUT2D eigenvalue weighted by Gasteiger charge is 2.31. The number of anilines is 1. The Morgan fingerprint density at radius 2 is 2.10 bits per heavy atom. The molecule has 1 aliphatic rings. The van der Waals surface area contributed by atoms with Crippen molar-refractivity contribution in [2.24, 2.45) is 5.92 Å². The Hall–Kier alpha value is -0.410. The van der Waals surface area contributed by atoms with E-state index in [-0.39, 0.29) is 23.1 Å². The lowest BCUT2D eigenvalue weighted by Gasteiger charge is -2.31. The third-order valence-electron chi connectivity index (χ3n) is 3.53. The lowest BCUT2D eigenvalue weighted by molar-refractivity contribution is 0.271. The zero-order chi connectivity index (χ0) is 14.8. The summed E-state index contributed by atoms with van der Waals surface area (Å²) in [4.78, 5) is 3.98. The van der Waals surface area contributed by atoms with Crippen molar-refractivity contribution in [1.29, 1.82) is 0 Å². The number of aromatic nitrogens is 1. The van der Waals surface area contributed by atoms with Crippen LogP contribution in [0.1, 0.15) is 12.8 Å². The molecule has 1 saturated heterocycles. The van der Waals surface area contributed by atoms with Crippen LogP contribution in [0.25, 0.3) is 0 Å². The first-order chi connectivity index (χ1) is 9.45. The summed E-state index contributed by atoms with van der Waals surface area (Å²) >= 11 is 3.23. The lowest BCUT2D eigenvalue weighted by Crippen LogP contribution is -2.40. The molecule has 2 heterocycles. The fourth-order valence-electron chi connectivity index (χ4n) is 2.42. The molecule has 1 aromatic heterocycles. The molecule has 1 aromatic rings. The molecule has 3 N–H and O–H groups in total. The topological polar surface area (TPSA) is 88.3 Å². The minimum atomic E-state index is -3.56. The summed E-state index contributed by atoms with van der Waals surface area (Å²) in [5.74, 6) is 0.579. The van der Waals surface area contributed by atoms with Crippen LogP contribution < -0.4 is 11.1 Å². The van der Waals surface area contributed by atoms with Crippen LogP contribution in [0.15, 0.2) is 21.6 Å². The monoisotopic (exact) mass is 398 g/mol. The number of piperidine rings is 1. The summed E-state index contributed by atoms with van der Waals surface area (Å²) in [5.41, 5.74) is 5.71. The number of halogens is 2. The minimum Gasteiger partial charge on any atom is -0.383 e. The van der Waals surface area contributed by atoms with E-state index < -0.39 is 10.0 Å². The smallest absolute Gasteiger partial charge is 0.246 e. The van der Waals surface area contributed by atoms with Gasteiger partial charge in [-0.25, -0.2) is 13.4 Å². The number of hydrogen-bond donors (Lipinski definition) is 2. The Kier molecular flexibility index (Phi) is 6.86. The number of nitrogens with zero attached hydrogens (tertiary/aromatic N) is 2. The Morgan fingerprint density at radius 3 is 2.67 bits per heavy atom. The molecule has 120 valence electrons. The van der Waals surface area contributed by atoms with Crippen LogP contribution in [0.4, 0.5) is 5.82 Å². The van der Waals surface area contributed by atoms with Crippen LogP contribution in [-0.4, -0.2) is 44.4 Å². The van der Waals surface area contributed by atoms with Gasteiger partial charge < -0.3 is 11.1 Å². The molecule has 0 aromatic carbocycles. The Labute approximate surface area is 140 Å². The maximum Gasteiger partial charge on any atom is 0.246 e. The van der Waals surface area contributed by atoms with E-state index in [1.54, 1.807) is 0 Å². The van der Waals surface area contributed by atoms with Crippen molar-refractivity contribution >= 4 is 44.2 Å². The van der Waals surface area contributed by atoms with E-state index in [2.05, 4.69) is 26.2 Å². The van der Waals surface area contributed by atoms with Crippen LogP contribution in [-0.2, 0) is 10.0 Å². The largest absolute Gasteiger partial charge is 0.383 e. The molecule has 9 heteroatoms. The normalized spacial score (nSPS) is 17.4. The van der Waals surface area contributed by atoms with Gasteiger partial charge in [-0.2, -0.15) is 4.31 Å². The van der Waals surface area contributed by atoms with E-state index >= 15 is 0 Å². The van der Waals surface area contributed by atoms with Crippen LogP contribution in [0.5, 0.6) is 0 Å². The van der Waals surface area contributed by atoms with E-state index in [1.807, 2.05) is 7.05 Å². The Morgan fingerprint density at radius 1 is 1.48 bits per heavy atom. The van der Waals surface area contributed by atoms with Crippen molar-refractivity contribution in [3.05, 3.63) is 16.7 Å². The molecule has 2 rings (SSSR count). The van der Waals surface area contributed by atoms with Gasteiger partial charge in [0.2, 0.25) is 10.0 Å². The zero-order valence-corrected chi connectivity index (χ0v) is 15.0. The maximum atomic E-state index is 12.6. The molecule has 0 aliphatic carbocycles. The van der Waals surface area contributed by atoms with Crippen molar-refractivity contribution in [3.63, 3.8) is 0 Å². The van der Waals surface area contributed by atoms with Gasteiger partial charge in [-0.05, 0) is 54.3 Å². The van der Waals surface area contributed by atoms with E-state index in [9.17, 15) is 8.42 Å². The van der Waals surface area contributed by atoms with E-state index in [4.69, 9.17) is 5.73 Å². The molecule has 21 heavy (non-hydrogen) atoms. The average Bonchev–Trinajstić information content (AvgIpc) is 2.42. The van der Waals surface area contributed by atoms with E-state index in [0.29, 0.717) is 23.5 Å². The van der Waals surface area contributed by atoms with Crippen molar-refractivity contribution in [2.75, 3.05) is 32.4 Å². The fourth-order valence-corrected chi connectivity index (χ4v) is 4.46. The third kappa shape index (κ3) is 4.29. The third-order valence-corrected chi connectivity index (χ3v) is 5.89. The number of nitrogen functional groups attached to an aromatic ring is 1. The highest BCUT2D eigenvalue weighted by atomic mass is 79.9. The molecule has 0 amide bonds. The number of nitrogens with two attached hydrogens (primary N) is 1. The highest BCUT2D eigenvalue weighted by molar-refractivity contribution is 9.10. The van der Waals surface area contributed by atoms with Gasteiger partial charge in [-0.15, -0.1) is 12.4 Å². The molecular weight excluding hydrogens is 380 g/mol. The molecule has 0 bridgehead atoms. The molecule has 0 unspecified atom stereocenters. The summed E-state index contributed by atoms with van der Waals surface area (Å²) < 4.78 is 27.3. The Balaban J connectivity index is 0.00000220. The summed E-state index contributed by atoms with van der Waals surface area (Å²) in [6.07, 6.45) is 3.22. The fraction of sp³-hybridized carbons (Fsp3) is 0.583. The molecule has 0 spiro atoms. The molecule has 0 saturated carbocycles. The first kappa shape index (κ1) is 18.6. The van der Waals surface area contributed by atoms with E-state index in [1.165, 1.54) is 16.6 Å². The van der Waals surface area contributed by atoms with Gasteiger partial charge in [0.25, 0.3) is 0 Å². The minimum absolute atomic E-state index is 0. The van der Waals surface area contributed by atoms with Gasteiger partial charge in [0.05, 0.1) is 0 Å². The number of sulfonamides is 1. The predicted octanol–water partition coefficient (Wildman–Crippen LogP) is 1.47.